The number of aromatic nitrogens is 1. The number of nitrogens with one attached hydrogen (secondary N) is 1. The van der Waals surface area contributed by atoms with E-state index in [4.69, 9.17) is 4.74 Å². The first-order chi connectivity index (χ1) is 14.3. The first kappa shape index (κ1) is 19.1. The number of nitrogens with zero attached hydrogens (tertiary/aromatic N) is 2. The molecule has 0 aliphatic carbocycles. The van der Waals surface area contributed by atoms with Crippen LogP contribution in [0.5, 0.6) is 5.75 Å². The molecule has 2 aromatic carbocycles. The Hall–Kier alpha value is -3.21. The normalized spacial score (nSPS) is 15.6. The molecule has 1 aliphatic heterocycles. The Kier molecular flexibility index (Phi) is 5.84. The lowest BCUT2D eigenvalue weighted by molar-refractivity contribution is 0.169. The Morgan fingerprint density at radius 2 is 1.83 bits per heavy atom. The number of carbonyl (C=O) groups excluding carboxylic acids is 1. The van der Waals surface area contributed by atoms with Crippen LogP contribution < -0.4 is 10.1 Å². The van der Waals surface area contributed by atoms with Crippen molar-refractivity contribution in [2.75, 3.05) is 19.7 Å². The van der Waals surface area contributed by atoms with Crippen LogP contribution in [-0.4, -0.2) is 35.2 Å². The van der Waals surface area contributed by atoms with E-state index in [0.29, 0.717) is 19.7 Å². The number of amides is 2. The van der Waals surface area contributed by atoms with Gasteiger partial charge in [0.2, 0.25) is 0 Å². The van der Waals surface area contributed by atoms with Crippen LogP contribution in [0.15, 0.2) is 72.9 Å². The third-order valence-electron chi connectivity index (χ3n) is 5.34. The minimum absolute atomic E-state index is 0.0211. The summed E-state index contributed by atoms with van der Waals surface area (Å²) in [5.41, 5.74) is 3.45. The lowest BCUT2D eigenvalue weighted by atomic mass is 10.00. The number of carbonyl (C=O) groups is 1. The van der Waals surface area contributed by atoms with Gasteiger partial charge in [-0.05, 0) is 48.7 Å². The molecule has 3 aromatic rings. The van der Waals surface area contributed by atoms with Crippen LogP contribution >= 0.6 is 0 Å². The van der Waals surface area contributed by atoms with Crippen LogP contribution in [0.3, 0.4) is 0 Å². The molecule has 0 spiro atoms. The standard InChI is InChI=1S/C24H27N3O2/c1-2-29-21-12-10-20(11-13-21)23-22-9-6-16-26(22)17-18-27(23)24(28)25-15-14-19-7-4-3-5-8-19/h3-13,16,23H,2,14-15,17-18H2,1H3,(H,25,28). The molecule has 5 heteroatoms. The topological polar surface area (TPSA) is 46.5 Å². The number of hydrogen-bond acceptors (Lipinski definition) is 2. The number of benzene rings is 2. The smallest absolute Gasteiger partial charge is 0.318 e. The Bertz CT molecular complexity index is 934. The summed E-state index contributed by atoms with van der Waals surface area (Å²) in [5, 5.41) is 3.11. The van der Waals surface area contributed by atoms with Crippen LogP contribution in [0.1, 0.15) is 29.8 Å². The van der Waals surface area contributed by atoms with Gasteiger partial charge in [-0.15, -0.1) is 0 Å². The lowest BCUT2D eigenvalue weighted by Gasteiger charge is -2.37. The van der Waals surface area contributed by atoms with E-state index >= 15 is 0 Å². The molecule has 2 amide bonds. The maximum Gasteiger partial charge on any atom is 0.318 e. The van der Waals surface area contributed by atoms with Gasteiger partial charge in [0.1, 0.15) is 5.75 Å². The van der Waals surface area contributed by atoms with Gasteiger partial charge in [0, 0.05) is 31.5 Å². The largest absolute Gasteiger partial charge is 0.494 e. The highest BCUT2D eigenvalue weighted by Crippen LogP contribution is 2.33. The number of fused-ring (bicyclic) bond motifs is 1. The SMILES string of the molecule is CCOc1ccc(C2c3cccn3CCN2C(=O)NCCc2ccccc2)cc1. The zero-order valence-electron chi connectivity index (χ0n) is 16.8. The molecule has 1 aliphatic rings. The van der Waals surface area contributed by atoms with E-state index in [0.717, 1.165) is 30.0 Å². The van der Waals surface area contributed by atoms with Crippen molar-refractivity contribution in [2.45, 2.75) is 25.9 Å². The fourth-order valence-electron chi connectivity index (χ4n) is 3.93. The van der Waals surface area contributed by atoms with Crippen molar-refractivity contribution in [3.8, 4) is 5.75 Å². The summed E-state index contributed by atoms with van der Waals surface area (Å²) in [6, 6.07) is 22.3. The van der Waals surface area contributed by atoms with Crippen LogP contribution in [-0.2, 0) is 13.0 Å². The molecule has 29 heavy (non-hydrogen) atoms. The van der Waals surface area contributed by atoms with Crippen molar-refractivity contribution < 1.29 is 9.53 Å². The fraction of sp³-hybridized carbons (Fsp3) is 0.292. The molecule has 4 rings (SSSR count). The summed E-state index contributed by atoms with van der Waals surface area (Å²) in [7, 11) is 0. The molecular weight excluding hydrogens is 362 g/mol. The van der Waals surface area contributed by atoms with Crippen molar-refractivity contribution in [2.24, 2.45) is 0 Å². The van der Waals surface area contributed by atoms with Gasteiger partial charge in [-0.25, -0.2) is 4.79 Å². The number of urea groups is 1. The summed E-state index contributed by atoms with van der Waals surface area (Å²) in [4.78, 5) is 15.0. The summed E-state index contributed by atoms with van der Waals surface area (Å²) in [6.45, 7) is 4.72. The van der Waals surface area contributed by atoms with Crippen LogP contribution in [0.25, 0.3) is 0 Å². The molecule has 2 heterocycles. The zero-order valence-corrected chi connectivity index (χ0v) is 16.8. The molecule has 0 saturated heterocycles. The second-order valence-corrected chi connectivity index (χ2v) is 7.19. The van der Waals surface area contributed by atoms with E-state index in [1.54, 1.807) is 0 Å². The Morgan fingerprint density at radius 3 is 2.59 bits per heavy atom. The summed E-state index contributed by atoms with van der Waals surface area (Å²) in [5.74, 6) is 0.848. The average Bonchev–Trinajstić information content (AvgIpc) is 3.23. The molecule has 0 saturated carbocycles. The highest BCUT2D eigenvalue weighted by Gasteiger charge is 2.32. The summed E-state index contributed by atoms with van der Waals surface area (Å²) >= 11 is 0. The predicted molar refractivity (Wildman–Crippen MR) is 114 cm³/mol. The van der Waals surface area contributed by atoms with Gasteiger partial charge in [0.15, 0.2) is 0 Å². The number of hydrogen-bond donors (Lipinski definition) is 1. The van der Waals surface area contributed by atoms with Gasteiger partial charge in [-0.3, -0.25) is 0 Å². The zero-order chi connectivity index (χ0) is 20.1. The third kappa shape index (κ3) is 4.29. The van der Waals surface area contributed by atoms with Crippen molar-refractivity contribution in [1.82, 2.24) is 14.8 Å². The third-order valence-corrected chi connectivity index (χ3v) is 5.34. The van der Waals surface area contributed by atoms with Gasteiger partial charge in [0.25, 0.3) is 0 Å². The number of ether oxygens (including phenoxy) is 1. The second kappa shape index (κ2) is 8.86. The molecule has 1 unspecified atom stereocenters. The maximum atomic E-state index is 13.1. The van der Waals surface area contributed by atoms with E-state index in [2.05, 4.69) is 46.4 Å². The van der Waals surface area contributed by atoms with Crippen LogP contribution in [0.4, 0.5) is 4.79 Å². The minimum Gasteiger partial charge on any atom is -0.494 e. The van der Waals surface area contributed by atoms with Crippen LogP contribution in [0.2, 0.25) is 0 Å². The maximum absolute atomic E-state index is 13.1. The summed E-state index contributed by atoms with van der Waals surface area (Å²) < 4.78 is 7.81. The first-order valence-electron chi connectivity index (χ1n) is 10.2. The average molecular weight is 389 g/mol. The monoisotopic (exact) mass is 389 g/mol. The van der Waals surface area contributed by atoms with Gasteiger partial charge in [-0.2, -0.15) is 0 Å². The lowest BCUT2D eigenvalue weighted by Crippen LogP contribution is -2.47. The van der Waals surface area contributed by atoms with E-state index in [-0.39, 0.29) is 12.1 Å². The van der Waals surface area contributed by atoms with Crippen molar-refractivity contribution in [3.63, 3.8) is 0 Å². The molecule has 1 N–H and O–H groups in total. The summed E-state index contributed by atoms with van der Waals surface area (Å²) in [6.07, 6.45) is 2.91. The number of rotatable bonds is 6. The molecule has 1 atom stereocenters. The van der Waals surface area contributed by atoms with Crippen LogP contribution in [0, 0.1) is 0 Å². The molecule has 150 valence electrons. The second-order valence-electron chi connectivity index (χ2n) is 7.19. The Morgan fingerprint density at radius 1 is 1.03 bits per heavy atom. The molecule has 0 bridgehead atoms. The molecule has 5 nitrogen and oxygen atoms in total. The first-order valence-corrected chi connectivity index (χ1v) is 10.2. The molecular formula is C24H27N3O2. The molecule has 0 radical (unpaired) electrons. The highest BCUT2D eigenvalue weighted by atomic mass is 16.5. The van der Waals surface area contributed by atoms with Gasteiger partial charge >= 0.3 is 6.03 Å². The molecule has 1 aromatic heterocycles. The predicted octanol–water partition coefficient (Wildman–Crippen LogP) is 4.24. The van der Waals surface area contributed by atoms with E-state index < -0.39 is 0 Å². The quantitative estimate of drug-likeness (QED) is 0.685. The van der Waals surface area contributed by atoms with Crippen molar-refractivity contribution >= 4 is 6.03 Å². The minimum atomic E-state index is -0.105. The van der Waals surface area contributed by atoms with Gasteiger partial charge in [0.05, 0.1) is 12.6 Å². The van der Waals surface area contributed by atoms with E-state index in [1.807, 2.05) is 48.2 Å². The fourth-order valence-corrected chi connectivity index (χ4v) is 3.93. The van der Waals surface area contributed by atoms with E-state index in [9.17, 15) is 4.79 Å². The Balaban J connectivity index is 1.50. The highest BCUT2D eigenvalue weighted by molar-refractivity contribution is 5.75. The van der Waals surface area contributed by atoms with E-state index in [1.165, 1.54) is 5.56 Å². The van der Waals surface area contributed by atoms with Crippen molar-refractivity contribution in [1.29, 1.82) is 0 Å². The Labute approximate surface area is 171 Å². The molecule has 0 fully saturated rings. The van der Waals surface area contributed by atoms with Crippen molar-refractivity contribution in [3.05, 3.63) is 89.7 Å². The van der Waals surface area contributed by atoms with Gasteiger partial charge in [-0.1, -0.05) is 42.5 Å². The van der Waals surface area contributed by atoms with Gasteiger partial charge < -0.3 is 19.5 Å².